The van der Waals surface area contributed by atoms with E-state index in [0.29, 0.717) is 39.4 Å². The average molecular weight is 558 g/mol. The summed E-state index contributed by atoms with van der Waals surface area (Å²) in [7, 11) is -0.721. The van der Waals surface area contributed by atoms with Crippen LogP contribution in [0.2, 0.25) is 0 Å². The average Bonchev–Trinajstić information content (AvgIpc) is 2.87. The molecule has 0 saturated heterocycles. The highest BCUT2D eigenvalue weighted by Crippen LogP contribution is 2.36. The Morgan fingerprint density at radius 2 is 1.83 bits per heavy atom. The van der Waals surface area contributed by atoms with Gasteiger partial charge >= 0.3 is 0 Å². The number of hydrogen-bond acceptors (Lipinski definition) is 6. The number of sulfonamides is 1. The van der Waals surface area contributed by atoms with Gasteiger partial charge in [-0.2, -0.15) is 5.10 Å². The van der Waals surface area contributed by atoms with Crippen LogP contribution in [0.25, 0.3) is 0 Å². The Bertz CT molecular complexity index is 1330. The number of hydrazone groups is 1. The summed E-state index contributed by atoms with van der Waals surface area (Å²) in [6.07, 6.45) is 3.10. The summed E-state index contributed by atoms with van der Waals surface area (Å²) < 4.78 is 38.3. The summed E-state index contributed by atoms with van der Waals surface area (Å²) in [6, 6.07) is 17.8. The normalized spacial score (nSPS) is 11.2. The number of nitrogens with zero attached hydrogens (tertiary/aromatic N) is 2. The first-order valence-electron chi connectivity index (χ1n) is 10.4. The molecule has 0 bridgehead atoms. The molecule has 10 heteroatoms. The van der Waals surface area contributed by atoms with E-state index < -0.39 is 15.9 Å². The largest absolute Gasteiger partial charge is 0.493 e. The van der Waals surface area contributed by atoms with Crippen LogP contribution in [0.5, 0.6) is 11.5 Å². The Morgan fingerprint density at radius 3 is 2.46 bits per heavy atom. The van der Waals surface area contributed by atoms with Gasteiger partial charge in [0.15, 0.2) is 11.5 Å². The fourth-order valence-electron chi connectivity index (χ4n) is 3.04. The molecule has 0 radical (unpaired) electrons. The monoisotopic (exact) mass is 557 g/mol. The van der Waals surface area contributed by atoms with E-state index in [2.05, 4.69) is 33.0 Å². The van der Waals surface area contributed by atoms with Gasteiger partial charge in [-0.25, -0.2) is 13.8 Å². The zero-order valence-corrected chi connectivity index (χ0v) is 21.5. The van der Waals surface area contributed by atoms with E-state index in [4.69, 9.17) is 9.47 Å². The summed E-state index contributed by atoms with van der Waals surface area (Å²) in [5.74, 6) is 0.588. The lowest BCUT2D eigenvalue weighted by Crippen LogP contribution is -2.26. The van der Waals surface area contributed by atoms with Crippen LogP contribution in [0.1, 0.15) is 15.9 Å². The first-order chi connectivity index (χ1) is 16.8. The molecule has 0 spiro atoms. The number of ether oxygens (including phenoxy) is 2. The van der Waals surface area contributed by atoms with Gasteiger partial charge in [-0.05, 0) is 70.0 Å². The molecule has 0 atom stereocenters. The van der Waals surface area contributed by atoms with Crippen molar-refractivity contribution in [3.8, 4) is 11.5 Å². The van der Waals surface area contributed by atoms with Crippen LogP contribution in [0.15, 0.2) is 93.9 Å². The second kappa shape index (κ2) is 11.7. The third-order valence-electron chi connectivity index (χ3n) is 4.87. The summed E-state index contributed by atoms with van der Waals surface area (Å²) in [4.78, 5) is 12.7. The van der Waals surface area contributed by atoms with Crippen molar-refractivity contribution in [2.75, 3.05) is 25.1 Å². The Labute approximate surface area is 213 Å². The second-order valence-corrected chi connectivity index (χ2v) is 9.99. The standard InChI is InChI=1S/C25H24BrN3O5S/c1-4-14-34-24-22(26)15-18(16-23(24)33-3)17-27-28-25(30)19-10-12-20(13-11-19)29(2)35(31,32)21-8-6-5-7-9-21/h4-13,15-17H,1,14H2,2-3H3,(H,28,30)/b27-17-. The number of amides is 1. The number of rotatable bonds is 10. The lowest BCUT2D eigenvalue weighted by Gasteiger charge is -2.19. The van der Waals surface area contributed by atoms with Crippen LogP contribution >= 0.6 is 15.9 Å². The molecule has 0 aliphatic carbocycles. The first kappa shape index (κ1) is 26.0. The van der Waals surface area contributed by atoms with Crippen molar-refractivity contribution in [3.05, 3.63) is 95.0 Å². The van der Waals surface area contributed by atoms with E-state index in [0.717, 1.165) is 4.31 Å². The van der Waals surface area contributed by atoms with Gasteiger partial charge < -0.3 is 9.47 Å². The summed E-state index contributed by atoms with van der Waals surface area (Å²) in [5.41, 5.74) is 3.87. The molecule has 0 heterocycles. The SMILES string of the molecule is C=CCOc1c(Br)cc(/C=N\NC(=O)c2ccc(N(C)S(=O)(=O)c3ccccc3)cc2)cc1OC. The third kappa shape index (κ3) is 6.28. The molecule has 182 valence electrons. The van der Waals surface area contributed by atoms with Gasteiger partial charge in [0.25, 0.3) is 15.9 Å². The minimum atomic E-state index is -3.71. The molecule has 0 fully saturated rings. The topological polar surface area (TPSA) is 97.3 Å². The Kier molecular flexibility index (Phi) is 8.67. The summed E-state index contributed by atoms with van der Waals surface area (Å²) in [6.45, 7) is 3.95. The molecule has 35 heavy (non-hydrogen) atoms. The molecular weight excluding hydrogens is 534 g/mol. The van der Waals surface area contributed by atoms with Crippen LogP contribution in [0.3, 0.4) is 0 Å². The maximum absolute atomic E-state index is 12.8. The number of anilines is 1. The molecular formula is C25H24BrN3O5S. The minimum absolute atomic E-state index is 0.183. The number of methoxy groups -OCH3 is 1. The number of halogens is 1. The highest BCUT2D eigenvalue weighted by molar-refractivity contribution is 9.10. The van der Waals surface area contributed by atoms with Gasteiger partial charge in [0.05, 0.1) is 28.4 Å². The predicted molar refractivity (Wildman–Crippen MR) is 140 cm³/mol. The van der Waals surface area contributed by atoms with Crippen molar-refractivity contribution in [1.29, 1.82) is 0 Å². The number of carbonyl (C=O) groups excluding carboxylic acids is 1. The highest BCUT2D eigenvalue weighted by Gasteiger charge is 2.21. The van der Waals surface area contributed by atoms with Crippen LogP contribution in [-0.2, 0) is 10.0 Å². The van der Waals surface area contributed by atoms with Gasteiger partial charge in [0.2, 0.25) is 0 Å². The molecule has 0 aliphatic rings. The number of benzene rings is 3. The molecule has 0 saturated carbocycles. The maximum atomic E-state index is 12.8. The molecule has 0 aliphatic heterocycles. The summed E-state index contributed by atoms with van der Waals surface area (Å²) >= 11 is 3.44. The Balaban J connectivity index is 1.68. The zero-order chi connectivity index (χ0) is 25.4. The van der Waals surface area contributed by atoms with E-state index >= 15 is 0 Å². The Morgan fingerprint density at radius 1 is 1.14 bits per heavy atom. The molecule has 3 aromatic rings. The fraction of sp³-hybridized carbons (Fsp3) is 0.120. The van der Waals surface area contributed by atoms with E-state index in [-0.39, 0.29) is 4.90 Å². The van der Waals surface area contributed by atoms with Crippen LogP contribution < -0.4 is 19.2 Å². The van der Waals surface area contributed by atoms with Crippen molar-refractivity contribution in [1.82, 2.24) is 5.43 Å². The van der Waals surface area contributed by atoms with E-state index in [1.165, 1.54) is 44.6 Å². The highest BCUT2D eigenvalue weighted by atomic mass is 79.9. The van der Waals surface area contributed by atoms with Crippen molar-refractivity contribution in [2.24, 2.45) is 5.10 Å². The van der Waals surface area contributed by atoms with Crippen molar-refractivity contribution in [2.45, 2.75) is 4.90 Å². The van der Waals surface area contributed by atoms with Crippen molar-refractivity contribution >= 4 is 43.8 Å². The maximum Gasteiger partial charge on any atom is 0.271 e. The Hall–Kier alpha value is -3.63. The first-order valence-corrected chi connectivity index (χ1v) is 12.6. The second-order valence-electron chi connectivity index (χ2n) is 7.17. The van der Waals surface area contributed by atoms with E-state index in [9.17, 15) is 13.2 Å². The van der Waals surface area contributed by atoms with Crippen LogP contribution in [0, 0.1) is 0 Å². The molecule has 3 rings (SSSR count). The third-order valence-corrected chi connectivity index (χ3v) is 7.26. The van der Waals surface area contributed by atoms with Gasteiger partial charge in [-0.1, -0.05) is 30.9 Å². The fourth-order valence-corrected chi connectivity index (χ4v) is 4.83. The molecule has 3 aromatic carbocycles. The van der Waals surface area contributed by atoms with Crippen LogP contribution in [-0.4, -0.2) is 41.3 Å². The number of hydrogen-bond donors (Lipinski definition) is 1. The van der Waals surface area contributed by atoms with Crippen molar-refractivity contribution < 1.29 is 22.7 Å². The lowest BCUT2D eigenvalue weighted by molar-refractivity contribution is 0.0955. The van der Waals surface area contributed by atoms with Crippen molar-refractivity contribution in [3.63, 3.8) is 0 Å². The molecule has 1 N–H and O–H groups in total. The van der Waals surface area contributed by atoms with Crippen LogP contribution in [0.4, 0.5) is 5.69 Å². The van der Waals surface area contributed by atoms with Gasteiger partial charge in [0, 0.05) is 12.6 Å². The van der Waals surface area contributed by atoms with E-state index in [1.807, 2.05) is 0 Å². The molecule has 0 aromatic heterocycles. The van der Waals surface area contributed by atoms with Gasteiger partial charge in [-0.15, -0.1) is 0 Å². The predicted octanol–water partition coefficient (Wildman–Crippen LogP) is 4.61. The number of carbonyl (C=O) groups is 1. The smallest absolute Gasteiger partial charge is 0.271 e. The quantitative estimate of drug-likeness (QED) is 0.223. The lowest BCUT2D eigenvalue weighted by atomic mass is 10.2. The van der Waals surface area contributed by atoms with Gasteiger partial charge in [-0.3, -0.25) is 9.10 Å². The minimum Gasteiger partial charge on any atom is -0.493 e. The number of nitrogens with one attached hydrogen (secondary N) is 1. The van der Waals surface area contributed by atoms with E-state index in [1.54, 1.807) is 48.5 Å². The zero-order valence-electron chi connectivity index (χ0n) is 19.1. The molecule has 0 unspecified atom stereocenters. The molecule has 1 amide bonds. The summed E-state index contributed by atoms with van der Waals surface area (Å²) in [5, 5.41) is 4.00. The molecule has 8 nitrogen and oxygen atoms in total. The van der Waals surface area contributed by atoms with Gasteiger partial charge in [0.1, 0.15) is 6.61 Å².